The molecule has 0 amide bonds. The van der Waals surface area contributed by atoms with Crippen LogP contribution in [0.2, 0.25) is 0 Å². The fourth-order valence-electron chi connectivity index (χ4n) is 3.99. The average Bonchev–Trinajstić information content (AvgIpc) is 2.89. The minimum atomic E-state index is -0.280. The van der Waals surface area contributed by atoms with E-state index in [1.807, 2.05) is 24.3 Å². The van der Waals surface area contributed by atoms with E-state index in [1.165, 1.54) is 0 Å². The molecule has 0 saturated carbocycles. The van der Waals surface area contributed by atoms with Crippen molar-refractivity contribution in [3.63, 3.8) is 0 Å². The summed E-state index contributed by atoms with van der Waals surface area (Å²) in [5, 5.41) is 1.40. The highest BCUT2D eigenvalue weighted by Crippen LogP contribution is 2.50. The molecule has 28 heavy (non-hydrogen) atoms. The molecule has 0 bridgehead atoms. The van der Waals surface area contributed by atoms with Gasteiger partial charge in [-0.15, -0.1) is 0 Å². The van der Waals surface area contributed by atoms with Crippen molar-refractivity contribution >= 4 is 35.4 Å². The lowest BCUT2D eigenvalue weighted by atomic mass is 9.88. The van der Waals surface area contributed by atoms with Crippen LogP contribution in [0.15, 0.2) is 46.5 Å². The van der Waals surface area contributed by atoms with Gasteiger partial charge in [-0.05, 0) is 58.4 Å². The summed E-state index contributed by atoms with van der Waals surface area (Å²) in [5.74, 6) is 0. The topological polar surface area (TPSA) is 18.5 Å². The van der Waals surface area contributed by atoms with Gasteiger partial charge in [0.25, 0.3) is 0 Å². The Labute approximate surface area is 176 Å². The second kappa shape index (κ2) is 8.42. The predicted octanol–water partition coefficient (Wildman–Crippen LogP) is 7.48. The fraction of sp³-hybridized carbons (Fsp3) is 0.333. The van der Waals surface area contributed by atoms with E-state index < -0.39 is 0 Å². The Morgan fingerprint density at radius 1 is 0.714 bits per heavy atom. The van der Waals surface area contributed by atoms with E-state index in [1.54, 1.807) is 0 Å². The molecule has 2 aromatic rings. The van der Waals surface area contributed by atoms with Gasteiger partial charge in [0.05, 0.1) is 10.1 Å². The summed E-state index contributed by atoms with van der Waals surface area (Å²) in [6.45, 7) is 5.51. The maximum atomic E-state index is 6.76. The number of ether oxygens (including phenoxy) is 2. The summed E-state index contributed by atoms with van der Waals surface area (Å²) in [5.41, 5.74) is 6.58. The minimum Gasteiger partial charge on any atom is -0.368 e. The molecule has 0 N–H and O–H groups in total. The molecule has 2 aliphatic rings. The Bertz CT molecular complexity index is 868. The highest BCUT2D eigenvalue weighted by atomic mass is 35.5. The second-order valence-corrected chi connectivity index (χ2v) is 8.06. The molecule has 146 valence electrons. The molecular formula is C24H24Cl2O2. The molecule has 2 nitrogen and oxygen atoms in total. The van der Waals surface area contributed by atoms with E-state index in [9.17, 15) is 0 Å². The molecule has 4 heteroatoms. The summed E-state index contributed by atoms with van der Waals surface area (Å²) < 4.78 is 12.4. The molecule has 0 aromatic heterocycles. The van der Waals surface area contributed by atoms with Crippen LogP contribution in [0.25, 0.3) is 23.3 Å². The first-order valence-corrected chi connectivity index (χ1v) is 10.6. The van der Waals surface area contributed by atoms with Crippen LogP contribution in [0.3, 0.4) is 0 Å². The number of hydrogen-bond acceptors (Lipinski definition) is 2. The van der Waals surface area contributed by atoms with Gasteiger partial charge in [0.2, 0.25) is 0 Å². The number of halogens is 2. The van der Waals surface area contributed by atoms with E-state index in [0.29, 0.717) is 23.3 Å². The van der Waals surface area contributed by atoms with E-state index in [2.05, 4.69) is 38.1 Å². The minimum absolute atomic E-state index is 0.280. The maximum Gasteiger partial charge on any atom is 0.119 e. The quantitative estimate of drug-likeness (QED) is 0.487. The highest BCUT2D eigenvalue weighted by Gasteiger charge is 2.32. The van der Waals surface area contributed by atoms with Crippen molar-refractivity contribution in [2.75, 3.05) is 13.2 Å². The van der Waals surface area contributed by atoms with Crippen LogP contribution in [-0.2, 0) is 9.47 Å². The zero-order chi connectivity index (χ0) is 19.7. The number of rotatable bonds is 6. The summed E-state index contributed by atoms with van der Waals surface area (Å²) in [4.78, 5) is 0. The molecule has 0 radical (unpaired) electrons. The van der Waals surface area contributed by atoms with Gasteiger partial charge >= 0.3 is 0 Å². The second-order valence-electron chi connectivity index (χ2n) is 7.18. The van der Waals surface area contributed by atoms with Gasteiger partial charge in [-0.1, -0.05) is 73.4 Å². The molecule has 0 saturated heterocycles. The summed E-state index contributed by atoms with van der Waals surface area (Å²) in [6.07, 6.45) is 5.37. The lowest BCUT2D eigenvalue weighted by molar-refractivity contribution is 0.0831. The van der Waals surface area contributed by atoms with Crippen molar-refractivity contribution in [3.05, 3.63) is 68.7 Å². The smallest absolute Gasteiger partial charge is 0.119 e. The molecular weight excluding hydrogens is 391 g/mol. The monoisotopic (exact) mass is 414 g/mol. The molecule has 0 spiro atoms. The highest BCUT2D eigenvalue weighted by molar-refractivity contribution is 6.33. The van der Waals surface area contributed by atoms with Crippen molar-refractivity contribution in [1.29, 1.82) is 0 Å². The molecule has 2 aromatic carbocycles. The van der Waals surface area contributed by atoms with Crippen LogP contribution >= 0.6 is 23.2 Å². The fourth-order valence-corrected chi connectivity index (χ4v) is 4.58. The zero-order valence-electron chi connectivity index (χ0n) is 16.2. The van der Waals surface area contributed by atoms with E-state index in [4.69, 9.17) is 32.7 Å². The normalized spacial score (nSPS) is 20.0. The Morgan fingerprint density at radius 3 is 1.54 bits per heavy atom. The standard InChI is InChI=1S/C24H24Cl2O2/c1-3-11-27-23-17-9-5-7-16-14-20(26)24(28-12-4-2)18-10-6-8-15(13-19(23)25)22(18)21(16)17/h5-10,13-14,23-24H,3-4,11-12H2,1-2H3. The third-order valence-electron chi connectivity index (χ3n) is 5.14. The lowest BCUT2D eigenvalue weighted by Gasteiger charge is -2.22. The van der Waals surface area contributed by atoms with E-state index in [0.717, 1.165) is 46.2 Å². The summed E-state index contributed by atoms with van der Waals surface area (Å²) in [7, 11) is 0. The Hall–Kier alpha value is -1.58. The molecule has 2 aliphatic carbocycles. The third-order valence-corrected chi connectivity index (χ3v) is 5.75. The molecule has 2 atom stereocenters. The molecule has 0 fully saturated rings. The van der Waals surface area contributed by atoms with Crippen molar-refractivity contribution in [3.8, 4) is 11.1 Å². The largest absolute Gasteiger partial charge is 0.368 e. The van der Waals surface area contributed by atoms with Crippen LogP contribution < -0.4 is 0 Å². The molecule has 0 heterocycles. The maximum absolute atomic E-state index is 6.76. The Balaban J connectivity index is 2.00. The van der Waals surface area contributed by atoms with Gasteiger partial charge in [-0.3, -0.25) is 0 Å². The van der Waals surface area contributed by atoms with Crippen LogP contribution in [0.1, 0.15) is 61.2 Å². The first-order chi connectivity index (χ1) is 13.7. The van der Waals surface area contributed by atoms with Gasteiger partial charge in [0.1, 0.15) is 12.2 Å². The Kier molecular flexibility index (Phi) is 5.93. The van der Waals surface area contributed by atoms with Crippen LogP contribution in [0.4, 0.5) is 0 Å². The lowest BCUT2D eigenvalue weighted by Crippen LogP contribution is -2.08. The number of hydrogen-bond donors (Lipinski definition) is 0. The predicted molar refractivity (Wildman–Crippen MR) is 118 cm³/mol. The van der Waals surface area contributed by atoms with Crippen LogP contribution in [0.5, 0.6) is 0 Å². The van der Waals surface area contributed by atoms with Crippen LogP contribution in [-0.4, -0.2) is 13.2 Å². The van der Waals surface area contributed by atoms with Gasteiger partial charge in [-0.25, -0.2) is 0 Å². The first kappa shape index (κ1) is 19.7. The molecule has 0 aliphatic heterocycles. The van der Waals surface area contributed by atoms with Gasteiger partial charge in [0.15, 0.2) is 0 Å². The van der Waals surface area contributed by atoms with Gasteiger partial charge in [0, 0.05) is 13.2 Å². The summed E-state index contributed by atoms with van der Waals surface area (Å²) in [6, 6.07) is 12.5. The van der Waals surface area contributed by atoms with Crippen molar-refractivity contribution in [2.24, 2.45) is 0 Å². The summed E-state index contributed by atoms with van der Waals surface area (Å²) >= 11 is 13.5. The van der Waals surface area contributed by atoms with Crippen molar-refractivity contribution in [1.82, 2.24) is 0 Å². The first-order valence-electron chi connectivity index (χ1n) is 9.89. The average molecular weight is 415 g/mol. The van der Waals surface area contributed by atoms with E-state index in [-0.39, 0.29) is 12.2 Å². The van der Waals surface area contributed by atoms with Crippen LogP contribution in [0, 0.1) is 0 Å². The van der Waals surface area contributed by atoms with E-state index >= 15 is 0 Å². The zero-order valence-corrected chi connectivity index (χ0v) is 17.7. The van der Waals surface area contributed by atoms with Gasteiger partial charge < -0.3 is 9.47 Å². The molecule has 2 unspecified atom stereocenters. The number of benzene rings is 2. The van der Waals surface area contributed by atoms with Gasteiger partial charge in [-0.2, -0.15) is 0 Å². The SMILES string of the molecule is CCCOC1C(Cl)=Cc2cccc3c2-c2c(cccc21)C=C(Cl)C3OCCC. The third kappa shape index (κ3) is 3.44. The van der Waals surface area contributed by atoms with Crippen molar-refractivity contribution < 1.29 is 9.47 Å². The Morgan fingerprint density at radius 2 is 1.14 bits per heavy atom. The van der Waals surface area contributed by atoms with Crippen molar-refractivity contribution in [2.45, 2.75) is 38.9 Å². The molecule has 4 rings (SSSR count).